The molecule has 2 aromatic rings. The summed E-state index contributed by atoms with van der Waals surface area (Å²) in [5, 5.41) is 0. The molecule has 0 radical (unpaired) electrons. The highest BCUT2D eigenvalue weighted by Gasteiger charge is 2.16. The van der Waals surface area contributed by atoms with Crippen LogP contribution in [-0.2, 0) is 4.74 Å². The first-order chi connectivity index (χ1) is 9.56. The SMILES string of the molecule is C[N+](C)(C)CCOC(c1ccccc1)c1ccccc1.[Cl-]. The Bertz CT molecular complexity index is 468. The Morgan fingerprint density at radius 1 is 0.810 bits per heavy atom. The zero-order valence-electron chi connectivity index (χ0n) is 13.0. The van der Waals surface area contributed by atoms with Gasteiger partial charge in [-0.2, -0.15) is 0 Å². The number of rotatable bonds is 6. The molecule has 3 heteroatoms. The van der Waals surface area contributed by atoms with Gasteiger partial charge in [-0.1, -0.05) is 60.7 Å². The summed E-state index contributed by atoms with van der Waals surface area (Å²) in [6, 6.07) is 20.8. The average molecular weight is 306 g/mol. The van der Waals surface area contributed by atoms with Crippen molar-refractivity contribution >= 4 is 0 Å². The molecule has 0 unspecified atom stereocenters. The highest BCUT2D eigenvalue weighted by molar-refractivity contribution is 5.29. The van der Waals surface area contributed by atoms with Gasteiger partial charge in [-0.15, -0.1) is 0 Å². The zero-order valence-corrected chi connectivity index (χ0v) is 13.8. The molecule has 114 valence electrons. The third-order valence-electron chi connectivity index (χ3n) is 3.25. The summed E-state index contributed by atoms with van der Waals surface area (Å²) in [4.78, 5) is 0. The maximum Gasteiger partial charge on any atom is 0.108 e. The number of nitrogens with zero attached hydrogens (tertiary/aromatic N) is 1. The lowest BCUT2D eigenvalue weighted by Crippen LogP contribution is -3.00. The van der Waals surface area contributed by atoms with Crippen molar-refractivity contribution in [2.45, 2.75) is 6.10 Å². The maximum atomic E-state index is 6.17. The molecule has 0 atom stereocenters. The van der Waals surface area contributed by atoms with Crippen LogP contribution < -0.4 is 12.4 Å². The van der Waals surface area contributed by atoms with Crippen molar-refractivity contribution in [2.75, 3.05) is 34.3 Å². The summed E-state index contributed by atoms with van der Waals surface area (Å²) < 4.78 is 7.09. The molecule has 0 aromatic heterocycles. The summed E-state index contributed by atoms with van der Waals surface area (Å²) in [5.74, 6) is 0. The summed E-state index contributed by atoms with van der Waals surface area (Å²) in [6.45, 7) is 1.74. The fraction of sp³-hybridized carbons (Fsp3) is 0.333. The predicted molar refractivity (Wildman–Crippen MR) is 83.6 cm³/mol. The van der Waals surface area contributed by atoms with Gasteiger partial charge in [-0.25, -0.2) is 0 Å². The van der Waals surface area contributed by atoms with Crippen molar-refractivity contribution in [1.29, 1.82) is 0 Å². The molecule has 0 heterocycles. The van der Waals surface area contributed by atoms with Crippen molar-refractivity contribution in [3.8, 4) is 0 Å². The van der Waals surface area contributed by atoms with Gasteiger partial charge in [-0.3, -0.25) is 0 Å². The van der Waals surface area contributed by atoms with Gasteiger partial charge >= 0.3 is 0 Å². The Hall–Kier alpha value is -1.35. The molecule has 0 fully saturated rings. The lowest BCUT2D eigenvalue weighted by Gasteiger charge is -2.26. The van der Waals surface area contributed by atoms with Gasteiger partial charge in [0, 0.05) is 0 Å². The van der Waals surface area contributed by atoms with E-state index in [-0.39, 0.29) is 18.5 Å². The zero-order chi connectivity index (χ0) is 14.4. The van der Waals surface area contributed by atoms with Crippen molar-refractivity contribution in [1.82, 2.24) is 0 Å². The topological polar surface area (TPSA) is 9.23 Å². The van der Waals surface area contributed by atoms with Crippen molar-refractivity contribution < 1.29 is 21.6 Å². The first-order valence-electron chi connectivity index (χ1n) is 7.08. The van der Waals surface area contributed by atoms with Gasteiger partial charge in [0.25, 0.3) is 0 Å². The minimum absolute atomic E-state index is 0. The highest BCUT2D eigenvalue weighted by Crippen LogP contribution is 2.25. The number of likely N-dealkylation sites (N-methyl/N-ethyl adjacent to an activating group) is 1. The van der Waals surface area contributed by atoms with E-state index in [2.05, 4.69) is 69.7 Å². The standard InChI is InChI=1S/C18H24NO.ClH/c1-19(2,3)14-15-20-18(16-10-6-4-7-11-16)17-12-8-5-9-13-17;/h4-13,18H,14-15H2,1-3H3;1H/q+1;/p-1. The van der Waals surface area contributed by atoms with Crippen LogP contribution in [0.1, 0.15) is 17.2 Å². The van der Waals surface area contributed by atoms with Crippen LogP contribution in [0.25, 0.3) is 0 Å². The summed E-state index contributed by atoms with van der Waals surface area (Å²) in [5.41, 5.74) is 2.42. The van der Waals surface area contributed by atoms with Crippen LogP contribution in [0, 0.1) is 0 Å². The van der Waals surface area contributed by atoms with Gasteiger partial charge in [0.15, 0.2) is 0 Å². The Kier molecular flexibility index (Phi) is 6.90. The largest absolute Gasteiger partial charge is 1.00 e. The van der Waals surface area contributed by atoms with E-state index in [1.54, 1.807) is 0 Å². The molecular weight excluding hydrogens is 282 g/mol. The van der Waals surface area contributed by atoms with Gasteiger partial charge in [0.2, 0.25) is 0 Å². The molecule has 21 heavy (non-hydrogen) atoms. The number of quaternary nitrogens is 1. The summed E-state index contributed by atoms with van der Waals surface area (Å²) in [7, 11) is 6.55. The molecule has 0 spiro atoms. The van der Waals surface area contributed by atoms with Crippen LogP contribution >= 0.6 is 0 Å². The number of ether oxygens (including phenoxy) is 1. The van der Waals surface area contributed by atoms with Gasteiger partial charge in [-0.05, 0) is 11.1 Å². The number of hydrogen-bond donors (Lipinski definition) is 0. The molecule has 2 rings (SSSR count). The Balaban J connectivity index is 0.00000220. The molecule has 2 aromatic carbocycles. The Morgan fingerprint density at radius 2 is 1.24 bits per heavy atom. The minimum atomic E-state index is 0. The maximum absolute atomic E-state index is 6.17. The van der Waals surface area contributed by atoms with Gasteiger partial charge < -0.3 is 21.6 Å². The van der Waals surface area contributed by atoms with E-state index < -0.39 is 0 Å². The van der Waals surface area contributed by atoms with Crippen LogP contribution in [0.15, 0.2) is 60.7 Å². The molecule has 0 amide bonds. The molecule has 0 saturated carbocycles. The Morgan fingerprint density at radius 3 is 1.62 bits per heavy atom. The van der Waals surface area contributed by atoms with E-state index in [0.717, 1.165) is 17.6 Å². The van der Waals surface area contributed by atoms with Crippen LogP contribution in [0.2, 0.25) is 0 Å². The van der Waals surface area contributed by atoms with Crippen molar-refractivity contribution in [3.63, 3.8) is 0 Å². The van der Waals surface area contributed by atoms with E-state index in [0.29, 0.717) is 0 Å². The van der Waals surface area contributed by atoms with Crippen LogP contribution in [-0.4, -0.2) is 38.8 Å². The lowest BCUT2D eigenvalue weighted by atomic mass is 10.0. The molecule has 0 aliphatic rings. The third-order valence-corrected chi connectivity index (χ3v) is 3.25. The van der Waals surface area contributed by atoms with Crippen LogP contribution in [0.4, 0.5) is 0 Å². The summed E-state index contributed by atoms with van der Waals surface area (Å²) in [6.07, 6.45) is 0.0175. The number of hydrogen-bond acceptors (Lipinski definition) is 1. The fourth-order valence-corrected chi connectivity index (χ4v) is 2.08. The average Bonchev–Trinajstić information content (AvgIpc) is 2.44. The van der Waals surface area contributed by atoms with Crippen molar-refractivity contribution in [2.24, 2.45) is 0 Å². The van der Waals surface area contributed by atoms with E-state index in [4.69, 9.17) is 4.74 Å². The van der Waals surface area contributed by atoms with E-state index in [9.17, 15) is 0 Å². The lowest BCUT2D eigenvalue weighted by molar-refractivity contribution is -0.870. The van der Waals surface area contributed by atoms with Crippen molar-refractivity contribution in [3.05, 3.63) is 71.8 Å². The molecule has 0 aliphatic carbocycles. The first kappa shape index (κ1) is 17.7. The second-order valence-corrected chi connectivity index (χ2v) is 6.09. The fourth-order valence-electron chi connectivity index (χ4n) is 2.08. The number of halogens is 1. The van der Waals surface area contributed by atoms with E-state index in [1.807, 2.05) is 12.1 Å². The summed E-state index contributed by atoms with van der Waals surface area (Å²) >= 11 is 0. The minimum Gasteiger partial charge on any atom is -1.00 e. The Labute approximate surface area is 134 Å². The molecule has 0 N–H and O–H groups in total. The number of benzene rings is 2. The van der Waals surface area contributed by atoms with Gasteiger partial charge in [0.1, 0.15) is 12.6 Å². The third kappa shape index (κ3) is 5.88. The second kappa shape index (κ2) is 8.18. The highest BCUT2D eigenvalue weighted by atomic mass is 35.5. The predicted octanol–water partition coefficient (Wildman–Crippen LogP) is 0.503. The first-order valence-corrected chi connectivity index (χ1v) is 7.08. The smallest absolute Gasteiger partial charge is 0.108 e. The van der Waals surface area contributed by atoms with E-state index >= 15 is 0 Å². The van der Waals surface area contributed by atoms with Crippen LogP contribution in [0.5, 0.6) is 0 Å². The normalized spacial score (nSPS) is 11.2. The second-order valence-electron chi connectivity index (χ2n) is 6.09. The molecule has 0 saturated heterocycles. The molecule has 0 bridgehead atoms. The van der Waals surface area contributed by atoms with Crippen LogP contribution in [0.3, 0.4) is 0 Å². The molecule has 0 aliphatic heterocycles. The van der Waals surface area contributed by atoms with Gasteiger partial charge in [0.05, 0.1) is 27.7 Å². The molecular formula is C18H24ClNO. The quantitative estimate of drug-likeness (QED) is 0.707. The van der Waals surface area contributed by atoms with E-state index in [1.165, 1.54) is 11.1 Å². The monoisotopic (exact) mass is 305 g/mol. The molecule has 2 nitrogen and oxygen atoms in total.